The second-order valence-corrected chi connectivity index (χ2v) is 7.52. The van der Waals surface area contributed by atoms with E-state index in [1.165, 1.54) is 11.1 Å². The molecule has 1 fully saturated rings. The van der Waals surface area contributed by atoms with E-state index in [1.807, 2.05) is 0 Å². The number of benzene rings is 1. The van der Waals surface area contributed by atoms with Crippen molar-refractivity contribution in [2.24, 2.45) is 5.92 Å². The highest BCUT2D eigenvalue weighted by Crippen LogP contribution is 2.29. The summed E-state index contributed by atoms with van der Waals surface area (Å²) in [5.74, 6) is -0.818. The zero-order chi connectivity index (χ0) is 17.0. The first-order chi connectivity index (χ1) is 10.8. The highest BCUT2D eigenvalue weighted by Gasteiger charge is 2.26. The lowest BCUT2D eigenvalue weighted by atomic mass is 9.86. The molecule has 23 heavy (non-hydrogen) atoms. The van der Waals surface area contributed by atoms with E-state index in [0.29, 0.717) is 12.6 Å². The molecule has 2 N–H and O–H groups in total. The van der Waals surface area contributed by atoms with Crippen LogP contribution in [0.4, 0.5) is 5.69 Å². The average molecular weight is 319 g/mol. The minimum atomic E-state index is -0.652. The van der Waals surface area contributed by atoms with Crippen molar-refractivity contribution in [2.45, 2.75) is 71.6 Å². The quantitative estimate of drug-likeness (QED) is 0.846. The van der Waals surface area contributed by atoms with Gasteiger partial charge in [-0.05, 0) is 70.6 Å². The molecule has 0 saturated heterocycles. The van der Waals surface area contributed by atoms with Gasteiger partial charge in [0.15, 0.2) is 0 Å². The van der Waals surface area contributed by atoms with Gasteiger partial charge in [-0.15, -0.1) is 0 Å². The van der Waals surface area contributed by atoms with Crippen molar-refractivity contribution in [3.05, 3.63) is 29.3 Å². The molecule has 0 unspecified atom stereocenters. The molecule has 1 saturated carbocycles. The summed E-state index contributed by atoms with van der Waals surface area (Å²) in [5.41, 5.74) is 3.41. The fourth-order valence-corrected chi connectivity index (χ4v) is 3.00. The Morgan fingerprint density at radius 3 is 2.48 bits per heavy atom. The van der Waals surface area contributed by atoms with Crippen molar-refractivity contribution in [1.29, 1.82) is 0 Å². The van der Waals surface area contributed by atoms with Gasteiger partial charge in [0.05, 0.1) is 18.1 Å². The number of anilines is 1. The monoisotopic (exact) mass is 319 g/mol. The summed E-state index contributed by atoms with van der Waals surface area (Å²) in [6, 6.07) is 6.62. The van der Waals surface area contributed by atoms with Gasteiger partial charge in [0.2, 0.25) is 0 Å². The van der Waals surface area contributed by atoms with Crippen molar-refractivity contribution >= 4 is 11.7 Å². The van der Waals surface area contributed by atoms with Crippen LogP contribution < -0.4 is 5.32 Å². The summed E-state index contributed by atoms with van der Waals surface area (Å²) in [6.07, 6.45) is 3.36. The molecule has 0 aromatic heterocycles. The van der Waals surface area contributed by atoms with Crippen LogP contribution in [0.15, 0.2) is 18.2 Å². The molecule has 1 aromatic carbocycles. The van der Waals surface area contributed by atoms with E-state index in [9.17, 15) is 4.79 Å². The minimum Gasteiger partial charge on any atom is -0.481 e. The molecule has 2 rings (SSSR count). The lowest BCUT2D eigenvalue weighted by molar-refractivity contribution is -0.142. The minimum absolute atomic E-state index is 0.148. The molecule has 0 aliphatic heterocycles. The van der Waals surface area contributed by atoms with E-state index in [4.69, 9.17) is 9.84 Å². The third-order valence-corrected chi connectivity index (χ3v) is 4.54. The Balaban J connectivity index is 1.97. The number of hydrogen-bond acceptors (Lipinski definition) is 3. The molecule has 128 valence electrons. The summed E-state index contributed by atoms with van der Waals surface area (Å²) >= 11 is 0. The number of carboxylic acids is 1. The maximum atomic E-state index is 11.0. The topological polar surface area (TPSA) is 58.6 Å². The van der Waals surface area contributed by atoms with Gasteiger partial charge in [0.25, 0.3) is 0 Å². The zero-order valence-corrected chi connectivity index (χ0v) is 14.7. The molecule has 0 bridgehead atoms. The van der Waals surface area contributed by atoms with E-state index in [1.54, 1.807) is 0 Å². The van der Waals surface area contributed by atoms with Gasteiger partial charge in [-0.1, -0.05) is 12.1 Å². The molecule has 1 aliphatic carbocycles. The van der Waals surface area contributed by atoms with Gasteiger partial charge < -0.3 is 15.2 Å². The van der Waals surface area contributed by atoms with E-state index in [2.05, 4.69) is 51.2 Å². The van der Waals surface area contributed by atoms with Gasteiger partial charge in [0, 0.05) is 11.7 Å². The summed E-state index contributed by atoms with van der Waals surface area (Å²) in [4.78, 5) is 11.0. The molecule has 4 nitrogen and oxygen atoms in total. The standard InChI is InChI=1S/C19H29NO3/c1-13-15(12-23-19(2,3)4)6-5-7-17(13)20-16-10-8-14(9-11-16)18(21)22/h5-7,14,16,20H,8-12H2,1-4H3,(H,21,22). The van der Waals surface area contributed by atoms with Gasteiger partial charge in [0.1, 0.15) is 0 Å². The third kappa shape index (κ3) is 5.24. The first-order valence-corrected chi connectivity index (χ1v) is 8.48. The number of carboxylic acid groups (broad SMARTS) is 1. The molecular weight excluding hydrogens is 290 g/mol. The van der Waals surface area contributed by atoms with Crippen molar-refractivity contribution < 1.29 is 14.6 Å². The van der Waals surface area contributed by atoms with Crippen molar-refractivity contribution in [2.75, 3.05) is 5.32 Å². The van der Waals surface area contributed by atoms with Crippen LogP contribution in [0, 0.1) is 12.8 Å². The van der Waals surface area contributed by atoms with E-state index >= 15 is 0 Å². The highest BCUT2D eigenvalue weighted by atomic mass is 16.5. The Hall–Kier alpha value is -1.55. The Bertz CT molecular complexity index is 540. The molecule has 0 atom stereocenters. The smallest absolute Gasteiger partial charge is 0.306 e. The number of nitrogens with one attached hydrogen (secondary N) is 1. The van der Waals surface area contributed by atoms with Crippen LogP contribution in [0.1, 0.15) is 57.6 Å². The normalized spacial score (nSPS) is 21.9. The second-order valence-electron chi connectivity index (χ2n) is 7.52. The SMILES string of the molecule is Cc1c(COC(C)(C)C)cccc1NC1CCC(C(=O)O)CC1. The largest absolute Gasteiger partial charge is 0.481 e. The first-order valence-electron chi connectivity index (χ1n) is 8.48. The van der Waals surface area contributed by atoms with Crippen LogP contribution in [-0.4, -0.2) is 22.7 Å². The van der Waals surface area contributed by atoms with Crippen LogP contribution >= 0.6 is 0 Å². The Labute approximate surface area is 139 Å². The van der Waals surface area contributed by atoms with Gasteiger partial charge in [-0.3, -0.25) is 4.79 Å². The van der Waals surface area contributed by atoms with E-state index in [-0.39, 0.29) is 11.5 Å². The molecule has 0 radical (unpaired) electrons. The molecule has 1 aliphatic rings. The summed E-state index contributed by atoms with van der Waals surface area (Å²) in [6.45, 7) is 8.91. The number of hydrogen-bond donors (Lipinski definition) is 2. The Kier molecular flexibility index (Phi) is 5.69. The van der Waals surface area contributed by atoms with Crippen molar-refractivity contribution in [1.82, 2.24) is 0 Å². The summed E-state index contributed by atoms with van der Waals surface area (Å²) < 4.78 is 5.89. The predicted octanol–water partition coefficient (Wildman–Crippen LogP) is 4.37. The third-order valence-electron chi connectivity index (χ3n) is 4.54. The molecule has 0 spiro atoms. The van der Waals surface area contributed by atoms with Crippen molar-refractivity contribution in [3.63, 3.8) is 0 Å². The number of carbonyl (C=O) groups is 1. The number of ether oxygens (including phenoxy) is 1. The van der Waals surface area contributed by atoms with Crippen LogP contribution in [0.5, 0.6) is 0 Å². The van der Waals surface area contributed by atoms with Gasteiger partial charge >= 0.3 is 5.97 Å². The number of aliphatic carboxylic acids is 1. The zero-order valence-electron chi connectivity index (χ0n) is 14.7. The maximum Gasteiger partial charge on any atom is 0.306 e. The first kappa shape index (κ1) is 17.8. The maximum absolute atomic E-state index is 11.0. The van der Waals surface area contributed by atoms with Crippen LogP contribution in [0.2, 0.25) is 0 Å². The molecule has 4 heteroatoms. The fourth-order valence-electron chi connectivity index (χ4n) is 3.00. The van der Waals surface area contributed by atoms with E-state index < -0.39 is 5.97 Å². The van der Waals surface area contributed by atoms with Crippen LogP contribution in [0.3, 0.4) is 0 Å². The Morgan fingerprint density at radius 1 is 1.26 bits per heavy atom. The van der Waals surface area contributed by atoms with Gasteiger partial charge in [-0.25, -0.2) is 0 Å². The summed E-state index contributed by atoms with van der Waals surface area (Å²) in [5, 5.41) is 12.7. The highest BCUT2D eigenvalue weighted by molar-refractivity contribution is 5.70. The van der Waals surface area contributed by atoms with Gasteiger partial charge in [-0.2, -0.15) is 0 Å². The molecule has 0 heterocycles. The lowest BCUT2D eigenvalue weighted by Gasteiger charge is -2.28. The molecule has 0 amide bonds. The average Bonchev–Trinajstić information content (AvgIpc) is 2.48. The van der Waals surface area contributed by atoms with E-state index in [0.717, 1.165) is 31.4 Å². The summed E-state index contributed by atoms with van der Waals surface area (Å²) in [7, 11) is 0. The lowest BCUT2D eigenvalue weighted by Crippen LogP contribution is -2.29. The second kappa shape index (κ2) is 7.35. The van der Waals surface area contributed by atoms with Crippen molar-refractivity contribution in [3.8, 4) is 0 Å². The molecular formula is C19H29NO3. The van der Waals surface area contributed by atoms with Crippen LogP contribution in [0.25, 0.3) is 0 Å². The predicted molar refractivity (Wildman–Crippen MR) is 92.7 cm³/mol. The molecule has 1 aromatic rings. The number of rotatable bonds is 5. The van der Waals surface area contributed by atoms with Crippen LogP contribution in [-0.2, 0) is 16.1 Å². The fraction of sp³-hybridized carbons (Fsp3) is 0.632. The Morgan fingerprint density at radius 2 is 1.91 bits per heavy atom.